The Morgan fingerprint density at radius 2 is 1.81 bits per heavy atom. The molecular weight excluding hydrogens is 302 g/mol. The van der Waals surface area contributed by atoms with Crippen molar-refractivity contribution in [3.8, 4) is 0 Å². The molecule has 0 atom stereocenters. The summed E-state index contributed by atoms with van der Waals surface area (Å²) < 4.78 is 58.1. The summed E-state index contributed by atoms with van der Waals surface area (Å²) in [6, 6.07) is 4.79. The van der Waals surface area contributed by atoms with E-state index < -0.39 is 26.6 Å². The largest absolute Gasteiger partial charge is 0.465 e. The molecule has 1 heterocycles. The summed E-state index contributed by atoms with van der Waals surface area (Å²) in [6.45, 7) is 1.57. The van der Waals surface area contributed by atoms with Gasteiger partial charge in [-0.2, -0.15) is 4.31 Å². The maximum Gasteiger partial charge on any atom is 0.249 e. The third-order valence-electron chi connectivity index (χ3n) is 2.86. The Labute approximate surface area is 121 Å². The fourth-order valence-electron chi connectivity index (χ4n) is 1.86. The summed E-state index contributed by atoms with van der Waals surface area (Å²) in [4.78, 5) is -1.03. The van der Waals surface area contributed by atoms with Crippen molar-refractivity contribution in [2.75, 3.05) is 12.8 Å². The first-order valence-corrected chi connectivity index (χ1v) is 7.42. The lowest BCUT2D eigenvalue weighted by molar-refractivity contribution is 0.392. The first-order valence-electron chi connectivity index (χ1n) is 5.98. The van der Waals surface area contributed by atoms with Crippen LogP contribution < -0.4 is 5.73 Å². The molecule has 5 nitrogen and oxygen atoms in total. The average molecular weight is 316 g/mol. The Bertz CT molecular complexity index is 748. The number of aryl methyl sites for hydroxylation is 1. The summed E-state index contributed by atoms with van der Waals surface area (Å²) in [6.07, 6.45) is 0. The number of hydrogen-bond acceptors (Lipinski definition) is 4. The minimum atomic E-state index is -4.34. The zero-order valence-corrected chi connectivity index (χ0v) is 12.2. The summed E-state index contributed by atoms with van der Waals surface area (Å²) in [7, 11) is -3.13. The molecule has 2 aromatic rings. The number of benzene rings is 1. The number of furan rings is 1. The molecule has 21 heavy (non-hydrogen) atoms. The molecule has 0 saturated heterocycles. The van der Waals surface area contributed by atoms with Crippen LogP contribution in [0.3, 0.4) is 0 Å². The van der Waals surface area contributed by atoms with Gasteiger partial charge in [0.05, 0.1) is 6.54 Å². The average Bonchev–Trinajstić information content (AvgIpc) is 2.72. The Morgan fingerprint density at radius 1 is 1.24 bits per heavy atom. The molecule has 0 bridgehead atoms. The topological polar surface area (TPSA) is 76.5 Å². The van der Waals surface area contributed by atoms with Crippen LogP contribution in [0.15, 0.2) is 33.6 Å². The van der Waals surface area contributed by atoms with Crippen LogP contribution in [0.25, 0.3) is 0 Å². The lowest BCUT2D eigenvalue weighted by Gasteiger charge is -2.17. The van der Waals surface area contributed by atoms with Crippen LogP contribution in [0.1, 0.15) is 11.5 Å². The van der Waals surface area contributed by atoms with Gasteiger partial charge in [-0.1, -0.05) is 0 Å². The number of nitrogens with two attached hydrogens (primary N) is 1. The van der Waals surface area contributed by atoms with Crippen LogP contribution >= 0.6 is 0 Å². The van der Waals surface area contributed by atoms with Crippen LogP contribution in [-0.4, -0.2) is 19.8 Å². The van der Waals surface area contributed by atoms with Gasteiger partial charge in [-0.3, -0.25) is 0 Å². The smallest absolute Gasteiger partial charge is 0.249 e. The van der Waals surface area contributed by atoms with Gasteiger partial charge < -0.3 is 10.2 Å². The highest BCUT2D eigenvalue weighted by Gasteiger charge is 2.29. The summed E-state index contributed by atoms with van der Waals surface area (Å²) in [5.41, 5.74) is 5.08. The monoisotopic (exact) mass is 316 g/mol. The molecule has 0 fully saturated rings. The molecule has 0 saturated carbocycles. The van der Waals surface area contributed by atoms with Crippen molar-refractivity contribution in [1.82, 2.24) is 4.31 Å². The van der Waals surface area contributed by atoms with Crippen molar-refractivity contribution in [3.63, 3.8) is 0 Å². The minimum absolute atomic E-state index is 0.139. The van der Waals surface area contributed by atoms with Crippen molar-refractivity contribution in [2.45, 2.75) is 18.4 Å². The van der Waals surface area contributed by atoms with E-state index in [1.807, 2.05) is 0 Å². The molecule has 0 aliphatic heterocycles. The normalized spacial score (nSPS) is 12.0. The third kappa shape index (κ3) is 3.06. The van der Waals surface area contributed by atoms with Gasteiger partial charge >= 0.3 is 0 Å². The molecule has 8 heteroatoms. The van der Waals surface area contributed by atoms with E-state index in [0.717, 1.165) is 16.4 Å². The molecule has 1 aromatic heterocycles. The van der Waals surface area contributed by atoms with Crippen molar-refractivity contribution >= 4 is 15.7 Å². The van der Waals surface area contributed by atoms with E-state index in [2.05, 4.69) is 0 Å². The molecule has 0 radical (unpaired) electrons. The SMILES string of the molecule is Cc1ccc(CN(C)S(=O)(=O)c2c(F)cc(N)cc2F)o1. The number of halogens is 2. The standard InChI is InChI=1S/C13H14F2N2O3S/c1-8-3-4-10(20-8)7-17(2)21(18,19)13-11(14)5-9(16)6-12(13)15/h3-6H,7,16H2,1-2H3. The lowest BCUT2D eigenvalue weighted by Crippen LogP contribution is -2.28. The fraction of sp³-hybridized carbons (Fsp3) is 0.231. The van der Waals surface area contributed by atoms with E-state index in [1.54, 1.807) is 19.1 Å². The molecule has 2 rings (SSSR count). The number of nitrogens with zero attached hydrogens (tertiary/aromatic N) is 1. The molecule has 0 aliphatic carbocycles. The van der Waals surface area contributed by atoms with Crippen molar-refractivity contribution < 1.29 is 21.6 Å². The summed E-state index contributed by atoms with van der Waals surface area (Å²) >= 11 is 0. The quantitative estimate of drug-likeness (QED) is 0.878. The number of anilines is 1. The second-order valence-corrected chi connectivity index (χ2v) is 6.57. The van der Waals surface area contributed by atoms with Gasteiger partial charge in [0.25, 0.3) is 0 Å². The molecule has 1 aromatic carbocycles. The second-order valence-electron chi connectivity index (χ2n) is 4.59. The zero-order chi connectivity index (χ0) is 15.8. The number of sulfonamides is 1. The Balaban J connectivity index is 2.38. The molecule has 0 unspecified atom stereocenters. The first-order chi connectivity index (χ1) is 9.71. The van der Waals surface area contributed by atoms with E-state index in [0.29, 0.717) is 11.5 Å². The number of nitrogen functional groups attached to an aromatic ring is 1. The van der Waals surface area contributed by atoms with Crippen LogP contribution in [-0.2, 0) is 16.6 Å². The highest BCUT2D eigenvalue weighted by Crippen LogP contribution is 2.25. The van der Waals surface area contributed by atoms with E-state index in [1.165, 1.54) is 7.05 Å². The molecule has 114 valence electrons. The first kappa shape index (κ1) is 15.5. The van der Waals surface area contributed by atoms with Crippen LogP contribution in [0, 0.1) is 18.6 Å². The lowest BCUT2D eigenvalue weighted by atomic mass is 10.3. The summed E-state index contributed by atoms with van der Waals surface area (Å²) in [5.74, 6) is -1.47. The highest BCUT2D eigenvalue weighted by molar-refractivity contribution is 7.89. The van der Waals surface area contributed by atoms with Gasteiger partial charge in [-0.15, -0.1) is 0 Å². The van der Waals surface area contributed by atoms with Crippen molar-refractivity contribution in [2.24, 2.45) is 0 Å². The van der Waals surface area contributed by atoms with Gasteiger partial charge in [-0.05, 0) is 31.2 Å². The van der Waals surface area contributed by atoms with Crippen molar-refractivity contribution in [3.05, 3.63) is 47.4 Å². The molecule has 0 spiro atoms. The maximum atomic E-state index is 13.8. The second kappa shape index (κ2) is 5.45. The molecule has 2 N–H and O–H groups in total. The molecule has 0 amide bonds. The van der Waals surface area contributed by atoms with E-state index in [-0.39, 0.29) is 12.2 Å². The maximum absolute atomic E-state index is 13.8. The summed E-state index contributed by atoms with van der Waals surface area (Å²) in [5, 5.41) is 0. The van der Waals surface area contributed by atoms with Crippen molar-refractivity contribution in [1.29, 1.82) is 0 Å². The van der Waals surface area contributed by atoms with Crippen LogP contribution in [0.4, 0.5) is 14.5 Å². The van der Waals surface area contributed by atoms with E-state index >= 15 is 0 Å². The third-order valence-corrected chi connectivity index (χ3v) is 4.72. The van der Waals surface area contributed by atoms with E-state index in [4.69, 9.17) is 10.2 Å². The minimum Gasteiger partial charge on any atom is -0.465 e. The molecular formula is C13H14F2N2O3S. The van der Waals surface area contributed by atoms with E-state index in [9.17, 15) is 17.2 Å². The fourth-order valence-corrected chi connectivity index (χ4v) is 3.08. The zero-order valence-electron chi connectivity index (χ0n) is 11.4. The van der Waals surface area contributed by atoms with Crippen LogP contribution in [0.5, 0.6) is 0 Å². The number of hydrogen-bond donors (Lipinski definition) is 1. The highest BCUT2D eigenvalue weighted by atomic mass is 32.2. The predicted octanol–water partition coefficient (Wildman–Crippen LogP) is 2.27. The van der Waals surface area contributed by atoms with Gasteiger partial charge in [0.1, 0.15) is 23.2 Å². The van der Waals surface area contributed by atoms with Gasteiger partial charge in [-0.25, -0.2) is 17.2 Å². The Kier molecular flexibility index (Phi) is 4.02. The van der Waals surface area contributed by atoms with Gasteiger partial charge in [0, 0.05) is 12.7 Å². The predicted molar refractivity (Wildman–Crippen MR) is 72.9 cm³/mol. The molecule has 0 aliphatic rings. The van der Waals surface area contributed by atoms with Gasteiger partial charge in [0.15, 0.2) is 4.90 Å². The Hall–Kier alpha value is -1.93. The van der Waals surface area contributed by atoms with Crippen LogP contribution in [0.2, 0.25) is 0 Å². The Morgan fingerprint density at radius 3 is 2.29 bits per heavy atom. The van der Waals surface area contributed by atoms with Gasteiger partial charge in [0.2, 0.25) is 10.0 Å². The number of rotatable bonds is 4.